The van der Waals surface area contributed by atoms with Gasteiger partial charge in [0.25, 0.3) is 0 Å². The van der Waals surface area contributed by atoms with Crippen LogP contribution in [0.1, 0.15) is 25.0 Å². The maximum absolute atomic E-state index is 11.9. The van der Waals surface area contributed by atoms with E-state index >= 15 is 0 Å². The Morgan fingerprint density at radius 3 is 2.16 bits per heavy atom. The Morgan fingerprint density at radius 1 is 1.16 bits per heavy atom. The number of halogens is 3. The van der Waals surface area contributed by atoms with E-state index in [1.165, 1.54) is 0 Å². The summed E-state index contributed by atoms with van der Waals surface area (Å²) < 4.78 is 35.7. The van der Waals surface area contributed by atoms with E-state index in [-0.39, 0.29) is 6.42 Å². The zero-order valence-electron chi connectivity index (χ0n) is 11.1. The molecule has 0 atom stereocenters. The van der Waals surface area contributed by atoms with Gasteiger partial charge >= 0.3 is 6.18 Å². The molecule has 0 aliphatic rings. The molecular formula is C14H18F3NO. The van der Waals surface area contributed by atoms with Gasteiger partial charge in [-0.1, -0.05) is 38.1 Å². The minimum absolute atomic E-state index is 0.0297. The van der Waals surface area contributed by atoms with Gasteiger partial charge in [0, 0.05) is 0 Å². The third-order valence-corrected chi connectivity index (χ3v) is 2.52. The summed E-state index contributed by atoms with van der Waals surface area (Å²) in [4.78, 5) is 11.3. The summed E-state index contributed by atoms with van der Waals surface area (Å²) in [5, 5.41) is 1.85. The van der Waals surface area contributed by atoms with E-state index in [1.807, 2.05) is 17.4 Å². The highest BCUT2D eigenvalue weighted by Gasteiger charge is 2.27. The minimum Gasteiger partial charge on any atom is -0.347 e. The fourth-order valence-corrected chi connectivity index (χ4v) is 1.71. The summed E-state index contributed by atoms with van der Waals surface area (Å²) in [5.41, 5.74) is 1.88. The smallest absolute Gasteiger partial charge is 0.347 e. The van der Waals surface area contributed by atoms with Crippen molar-refractivity contribution in [2.75, 3.05) is 6.54 Å². The van der Waals surface area contributed by atoms with Crippen molar-refractivity contribution in [1.29, 1.82) is 0 Å². The number of carbonyl (C=O) groups excluding carboxylic acids is 1. The highest BCUT2D eigenvalue weighted by Crippen LogP contribution is 2.13. The van der Waals surface area contributed by atoms with Gasteiger partial charge in [0.05, 0.1) is 6.42 Å². The first-order valence-corrected chi connectivity index (χ1v) is 6.17. The van der Waals surface area contributed by atoms with Gasteiger partial charge in [-0.05, 0) is 23.5 Å². The Kier molecular flexibility index (Phi) is 5.39. The molecule has 0 heterocycles. The zero-order valence-corrected chi connectivity index (χ0v) is 11.1. The molecule has 0 radical (unpaired) electrons. The summed E-state index contributed by atoms with van der Waals surface area (Å²) in [5.74, 6) is -0.0742. The van der Waals surface area contributed by atoms with E-state index in [2.05, 4.69) is 13.8 Å². The predicted molar refractivity (Wildman–Crippen MR) is 67.8 cm³/mol. The third-order valence-electron chi connectivity index (χ3n) is 2.52. The van der Waals surface area contributed by atoms with Crippen LogP contribution in [0.4, 0.5) is 13.2 Å². The number of rotatable bonds is 5. The monoisotopic (exact) mass is 273 g/mol. The molecule has 1 aromatic rings. The summed E-state index contributed by atoms with van der Waals surface area (Å²) in [6, 6.07) is 7.38. The Balaban J connectivity index is 2.47. The van der Waals surface area contributed by atoms with E-state index in [1.54, 1.807) is 12.1 Å². The standard InChI is InChI=1S/C14H18F3NO/c1-10(2)7-11-3-5-12(6-4-11)8-13(19)18-9-14(15,16)17/h3-6,10H,7-9H2,1-2H3,(H,18,19). The van der Waals surface area contributed by atoms with E-state index in [0.717, 1.165) is 12.0 Å². The van der Waals surface area contributed by atoms with Crippen molar-refractivity contribution in [2.45, 2.75) is 32.9 Å². The molecule has 19 heavy (non-hydrogen) atoms. The second-order valence-electron chi connectivity index (χ2n) is 4.98. The van der Waals surface area contributed by atoms with Crippen molar-refractivity contribution in [3.8, 4) is 0 Å². The van der Waals surface area contributed by atoms with Crippen LogP contribution >= 0.6 is 0 Å². The molecule has 1 rings (SSSR count). The first-order valence-electron chi connectivity index (χ1n) is 6.17. The van der Waals surface area contributed by atoms with Gasteiger partial charge in [-0.15, -0.1) is 0 Å². The normalized spacial score (nSPS) is 11.7. The van der Waals surface area contributed by atoms with E-state index in [4.69, 9.17) is 0 Å². The molecule has 1 N–H and O–H groups in total. The molecule has 106 valence electrons. The molecule has 5 heteroatoms. The van der Waals surface area contributed by atoms with Crippen molar-refractivity contribution < 1.29 is 18.0 Å². The summed E-state index contributed by atoms with van der Waals surface area (Å²) >= 11 is 0. The topological polar surface area (TPSA) is 29.1 Å². The van der Waals surface area contributed by atoms with Crippen molar-refractivity contribution in [3.63, 3.8) is 0 Å². The van der Waals surface area contributed by atoms with Crippen molar-refractivity contribution in [2.24, 2.45) is 5.92 Å². The maximum Gasteiger partial charge on any atom is 0.405 e. The van der Waals surface area contributed by atoms with Crippen LogP contribution in [0.15, 0.2) is 24.3 Å². The number of hydrogen-bond acceptors (Lipinski definition) is 1. The average Bonchev–Trinajstić information content (AvgIpc) is 2.28. The van der Waals surface area contributed by atoms with Crippen LogP contribution in [-0.2, 0) is 17.6 Å². The van der Waals surface area contributed by atoms with Gasteiger partial charge < -0.3 is 5.32 Å². The van der Waals surface area contributed by atoms with E-state index in [0.29, 0.717) is 11.5 Å². The van der Waals surface area contributed by atoms with Gasteiger partial charge in [0.2, 0.25) is 5.91 Å². The summed E-state index contributed by atoms with van der Waals surface area (Å²) in [6.07, 6.45) is -3.45. The number of amides is 1. The van der Waals surface area contributed by atoms with Crippen LogP contribution in [0.2, 0.25) is 0 Å². The van der Waals surface area contributed by atoms with Crippen LogP contribution < -0.4 is 5.32 Å². The fourth-order valence-electron chi connectivity index (χ4n) is 1.71. The Hall–Kier alpha value is -1.52. The Labute approximate surface area is 111 Å². The van der Waals surface area contributed by atoms with Gasteiger partial charge in [0.15, 0.2) is 0 Å². The second-order valence-corrected chi connectivity index (χ2v) is 4.98. The van der Waals surface area contributed by atoms with Gasteiger partial charge in [-0.2, -0.15) is 13.2 Å². The van der Waals surface area contributed by atoms with Crippen molar-refractivity contribution in [1.82, 2.24) is 5.32 Å². The van der Waals surface area contributed by atoms with Gasteiger partial charge in [-0.25, -0.2) is 0 Å². The zero-order chi connectivity index (χ0) is 14.5. The van der Waals surface area contributed by atoms with Crippen molar-refractivity contribution >= 4 is 5.91 Å². The van der Waals surface area contributed by atoms with Gasteiger partial charge in [0.1, 0.15) is 6.54 Å². The minimum atomic E-state index is -4.36. The number of nitrogens with one attached hydrogen (secondary N) is 1. The number of hydrogen-bond donors (Lipinski definition) is 1. The van der Waals surface area contributed by atoms with Crippen molar-refractivity contribution in [3.05, 3.63) is 35.4 Å². The third kappa shape index (κ3) is 6.84. The molecule has 1 aromatic carbocycles. The largest absolute Gasteiger partial charge is 0.405 e. The molecule has 0 saturated carbocycles. The molecule has 0 aromatic heterocycles. The second kappa shape index (κ2) is 6.59. The van der Waals surface area contributed by atoms with Gasteiger partial charge in [-0.3, -0.25) is 4.79 Å². The molecule has 0 spiro atoms. The first-order chi connectivity index (χ1) is 8.76. The van der Waals surface area contributed by atoms with Crippen LogP contribution in [0, 0.1) is 5.92 Å². The lowest BCUT2D eigenvalue weighted by Gasteiger charge is -2.09. The molecule has 0 unspecified atom stereocenters. The molecule has 2 nitrogen and oxygen atoms in total. The lowest BCUT2D eigenvalue weighted by atomic mass is 10.0. The molecule has 0 bridgehead atoms. The highest BCUT2D eigenvalue weighted by atomic mass is 19.4. The number of alkyl halides is 3. The summed E-state index contributed by atoms with van der Waals surface area (Å²) in [7, 11) is 0. The number of benzene rings is 1. The van der Waals surface area contributed by atoms with Crippen LogP contribution in [0.25, 0.3) is 0 Å². The molecule has 0 aliphatic heterocycles. The van der Waals surface area contributed by atoms with E-state index in [9.17, 15) is 18.0 Å². The van der Waals surface area contributed by atoms with Crippen LogP contribution in [-0.4, -0.2) is 18.6 Å². The lowest BCUT2D eigenvalue weighted by Crippen LogP contribution is -2.34. The number of carbonyl (C=O) groups is 1. The molecule has 1 amide bonds. The molecule has 0 fully saturated rings. The highest BCUT2D eigenvalue weighted by molar-refractivity contribution is 5.78. The Bertz CT molecular complexity index is 410. The Morgan fingerprint density at radius 2 is 1.68 bits per heavy atom. The molecule has 0 aliphatic carbocycles. The van der Waals surface area contributed by atoms with Crippen LogP contribution in [0.5, 0.6) is 0 Å². The van der Waals surface area contributed by atoms with Crippen LogP contribution in [0.3, 0.4) is 0 Å². The fraction of sp³-hybridized carbons (Fsp3) is 0.500. The molecular weight excluding hydrogens is 255 g/mol. The molecule has 0 saturated heterocycles. The average molecular weight is 273 g/mol. The SMILES string of the molecule is CC(C)Cc1ccc(CC(=O)NCC(F)(F)F)cc1. The summed E-state index contributed by atoms with van der Waals surface area (Å²) in [6.45, 7) is 2.94. The first kappa shape index (κ1) is 15.5. The predicted octanol–water partition coefficient (Wildman–Crippen LogP) is 3.11. The lowest BCUT2D eigenvalue weighted by molar-refractivity contribution is -0.138. The van der Waals surface area contributed by atoms with E-state index < -0.39 is 18.6 Å². The quantitative estimate of drug-likeness (QED) is 0.877. The maximum atomic E-state index is 11.9.